The van der Waals surface area contributed by atoms with Crippen LogP contribution in [0.25, 0.3) is 0 Å². The van der Waals surface area contributed by atoms with E-state index in [1.54, 1.807) is 4.68 Å². The highest BCUT2D eigenvalue weighted by molar-refractivity contribution is 5.85. The smallest absolute Gasteiger partial charge is 0.237 e. The maximum atomic E-state index is 11.6. The number of nitrogens with one attached hydrogen (secondary N) is 2. The number of carbonyl (C=O) groups is 1. The summed E-state index contributed by atoms with van der Waals surface area (Å²) in [6.07, 6.45) is 6.70. The van der Waals surface area contributed by atoms with Crippen molar-refractivity contribution < 1.29 is 4.79 Å². The fourth-order valence-electron chi connectivity index (χ4n) is 1.96. The normalized spacial score (nSPS) is 18.8. The zero-order chi connectivity index (χ0) is 11.4. The van der Waals surface area contributed by atoms with Gasteiger partial charge in [-0.3, -0.25) is 9.48 Å². The minimum absolute atomic E-state index is 0. The number of aryl methyl sites for hydroxylation is 1. The maximum absolute atomic E-state index is 11.6. The number of rotatable bonds is 4. The zero-order valence-corrected chi connectivity index (χ0v) is 10.8. The molecule has 1 saturated heterocycles. The van der Waals surface area contributed by atoms with Crippen LogP contribution in [-0.4, -0.2) is 34.8 Å². The van der Waals surface area contributed by atoms with Gasteiger partial charge in [-0.1, -0.05) is 0 Å². The second kappa shape index (κ2) is 6.61. The van der Waals surface area contributed by atoms with Crippen molar-refractivity contribution >= 4 is 18.3 Å². The van der Waals surface area contributed by atoms with Crippen LogP contribution in [0.2, 0.25) is 0 Å². The third kappa shape index (κ3) is 4.02. The fourth-order valence-corrected chi connectivity index (χ4v) is 1.96. The first-order chi connectivity index (χ1) is 7.75. The Kier molecular flexibility index (Phi) is 5.44. The maximum Gasteiger partial charge on any atom is 0.237 e. The van der Waals surface area contributed by atoms with E-state index in [0.717, 1.165) is 31.4 Å². The first kappa shape index (κ1) is 14.0. The van der Waals surface area contributed by atoms with Gasteiger partial charge in [0.25, 0.3) is 0 Å². The van der Waals surface area contributed by atoms with E-state index in [1.807, 2.05) is 19.4 Å². The molecule has 0 radical (unpaired) electrons. The lowest BCUT2D eigenvalue weighted by Gasteiger charge is -2.10. The summed E-state index contributed by atoms with van der Waals surface area (Å²) in [5.41, 5.74) is 1.15. The summed E-state index contributed by atoms with van der Waals surface area (Å²) < 4.78 is 1.77. The molecule has 0 spiro atoms. The molecule has 1 atom stereocenters. The standard InChI is InChI=1S/C11H18N4O.ClH/c1-15-8-9(7-14-15)4-6-13-11(16)10-3-2-5-12-10;/h7-8,10,12H,2-6H2,1H3,(H,13,16);1H/t10-;/m0./s1. The van der Waals surface area contributed by atoms with Gasteiger partial charge < -0.3 is 10.6 Å². The monoisotopic (exact) mass is 258 g/mol. The molecule has 1 amide bonds. The average molecular weight is 259 g/mol. The molecule has 2 heterocycles. The second-order valence-electron chi connectivity index (χ2n) is 4.21. The van der Waals surface area contributed by atoms with Gasteiger partial charge in [-0.2, -0.15) is 5.10 Å². The van der Waals surface area contributed by atoms with Crippen LogP contribution in [0.1, 0.15) is 18.4 Å². The molecule has 5 nitrogen and oxygen atoms in total. The van der Waals surface area contributed by atoms with E-state index in [9.17, 15) is 4.79 Å². The molecule has 0 bridgehead atoms. The van der Waals surface area contributed by atoms with Crippen molar-refractivity contribution in [1.82, 2.24) is 20.4 Å². The van der Waals surface area contributed by atoms with Gasteiger partial charge in [0.15, 0.2) is 0 Å². The second-order valence-corrected chi connectivity index (χ2v) is 4.21. The molecule has 0 saturated carbocycles. The minimum Gasteiger partial charge on any atom is -0.354 e. The van der Waals surface area contributed by atoms with Gasteiger partial charge >= 0.3 is 0 Å². The number of hydrogen-bond donors (Lipinski definition) is 2. The van der Waals surface area contributed by atoms with Gasteiger partial charge in [-0.05, 0) is 31.4 Å². The number of aromatic nitrogens is 2. The van der Waals surface area contributed by atoms with Crippen molar-refractivity contribution in [3.8, 4) is 0 Å². The summed E-state index contributed by atoms with van der Waals surface area (Å²) in [4.78, 5) is 11.6. The van der Waals surface area contributed by atoms with Gasteiger partial charge in [0, 0.05) is 19.8 Å². The third-order valence-electron chi connectivity index (χ3n) is 2.85. The summed E-state index contributed by atoms with van der Waals surface area (Å²) >= 11 is 0. The Bertz CT molecular complexity index is 360. The Hall–Kier alpha value is -1.07. The van der Waals surface area contributed by atoms with E-state index in [-0.39, 0.29) is 24.4 Å². The van der Waals surface area contributed by atoms with E-state index in [1.165, 1.54) is 0 Å². The quantitative estimate of drug-likeness (QED) is 0.814. The lowest BCUT2D eigenvalue weighted by atomic mass is 10.2. The molecule has 96 valence electrons. The van der Waals surface area contributed by atoms with Crippen LogP contribution in [0.5, 0.6) is 0 Å². The average Bonchev–Trinajstić information content (AvgIpc) is 2.89. The SMILES string of the molecule is Cl.Cn1cc(CCNC(=O)[C@@H]2CCCN2)cn1. The molecule has 1 aliphatic rings. The molecule has 1 aromatic heterocycles. The van der Waals surface area contributed by atoms with Crippen LogP contribution >= 0.6 is 12.4 Å². The highest BCUT2D eigenvalue weighted by Crippen LogP contribution is 2.04. The van der Waals surface area contributed by atoms with Crippen molar-refractivity contribution in [2.75, 3.05) is 13.1 Å². The lowest BCUT2D eigenvalue weighted by molar-refractivity contribution is -0.122. The molecule has 1 fully saturated rings. The molecule has 0 aliphatic carbocycles. The van der Waals surface area contributed by atoms with Crippen LogP contribution in [-0.2, 0) is 18.3 Å². The molecule has 2 N–H and O–H groups in total. The van der Waals surface area contributed by atoms with Gasteiger partial charge in [-0.25, -0.2) is 0 Å². The topological polar surface area (TPSA) is 59.0 Å². The van der Waals surface area contributed by atoms with Gasteiger partial charge in [-0.15, -0.1) is 12.4 Å². The molecule has 6 heteroatoms. The van der Waals surface area contributed by atoms with Gasteiger partial charge in [0.1, 0.15) is 0 Å². The van der Waals surface area contributed by atoms with E-state index in [2.05, 4.69) is 15.7 Å². The highest BCUT2D eigenvalue weighted by atomic mass is 35.5. The Labute approximate surface area is 107 Å². The van der Waals surface area contributed by atoms with Crippen LogP contribution < -0.4 is 10.6 Å². The lowest BCUT2D eigenvalue weighted by Crippen LogP contribution is -2.41. The van der Waals surface area contributed by atoms with Gasteiger partial charge in [0.05, 0.1) is 12.2 Å². The number of carbonyl (C=O) groups excluding carboxylic acids is 1. The van der Waals surface area contributed by atoms with E-state index in [4.69, 9.17) is 0 Å². The Morgan fingerprint density at radius 3 is 3.12 bits per heavy atom. The summed E-state index contributed by atoms with van der Waals surface area (Å²) in [6, 6.07) is 0.0221. The molecule has 17 heavy (non-hydrogen) atoms. The zero-order valence-electron chi connectivity index (χ0n) is 9.98. The van der Waals surface area contributed by atoms with E-state index in [0.29, 0.717) is 6.54 Å². The van der Waals surface area contributed by atoms with Crippen molar-refractivity contribution in [2.45, 2.75) is 25.3 Å². The molecule has 0 unspecified atom stereocenters. The first-order valence-electron chi connectivity index (χ1n) is 5.74. The number of amides is 1. The fraction of sp³-hybridized carbons (Fsp3) is 0.636. The highest BCUT2D eigenvalue weighted by Gasteiger charge is 2.21. The molecule has 1 aromatic rings. The summed E-state index contributed by atoms with van der Waals surface area (Å²) in [7, 11) is 1.89. The van der Waals surface area contributed by atoms with Crippen molar-refractivity contribution in [1.29, 1.82) is 0 Å². The molecular formula is C11H19ClN4O. The number of halogens is 1. The van der Waals surface area contributed by atoms with Crippen molar-refractivity contribution in [3.05, 3.63) is 18.0 Å². The number of nitrogens with zero attached hydrogens (tertiary/aromatic N) is 2. The van der Waals surface area contributed by atoms with Crippen LogP contribution in [0.3, 0.4) is 0 Å². The largest absolute Gasteiger partial charge is 0.354 e. The number of hydrogen-bond acceptors (Lipinski definition) is 3. The minimum atomic E-state index is 0. The van der Waals surface area contributed by atoms with Gasteiger partial charge in [0.2, 0.25) is 5.91 Å². The molecular weight excluding hydrogens is 240 g/mol. The van der Waals surface area contributed by atoms with E-state index < -0.39 is 0 Å². The molecule has 0 aromatic carbocycles. The summed E-state index contributed by atoms with van der Waals surface area (Å²) in [5.74, 6) is 0.126. The van der Waals surface area contributed by atoms with E-state index >= 15 is 0 Å². The molecule has 2 rings (SSSR count). The Morgan fingerprint density at radius 2 is 2.53 bits per heavy atom. The molecule has 1 aliphatic heterocycles. The predicted molar refractivity (Wildman–Crippen MR) is 68.2 cm³/mol. The summed E-state index contributed by atoms with van der Waals surface area (Å²) in [5, 5.41) is 10.2. The third-order valence-corrected chi connectivity index (χ3v) is 2.85. The predicted octanol–water partition coefficient (Wildman–Crippen LogP) is 0.253. The van der Waals surface area contributed by atoms with Crippen molar-refractivity contribution in [2.24, 2.45) is 7.05 Å². The van der Waals surface area contributed by atoms with Crippen LogP contribution in [0.15, 0.2) is 12.4 Å². The Morgan fingerprint density at radius 1 is 1.71 bits per heavy atom. The van der Waals surface area contributed by atoms with Crippen molar-refractivity contribution in [3.63, 3.8) is 0 Å². The van der Waals surface area contributed by atoms with Crippen LogP contribution in [0, 0.1) is 0 Å². The summed E-state index contributed by atoms with van der Waals surface area (Å²) in [6.45, 7) is 1.64. The van der Waals surface area contributed by atoms with Crippen LogP contribution in [0.4, 0.5) is 0 Å². The first-order valence-corrected chi connectivity index (χ1v) is 5.74. The Balaban J connectivity index is 0.00000144.